The van der Waals surface area contributed by atoms with Crippen molar-refractivity contribution in [2.45, 2.75) is 38.6 Å². The second kappa shape index (κ2) is 13.3. The fourth-order valence-electron chi connectivity index (χ4n) is 4.65. The third kappa shape index (κ3) is 7.30. The fraction of sp³-hybridized carbons (Fsp3) is 0.323. The zero-order chi connectivity index (χ0) is 26.9. The number of rotatable bonds is 10. The average molecular weight is 517 g/mol. The van der Waals surface area contributed by atoms with Gasteiger partial charge in [0.25, 0.3) is 0 Å². The number of carbonyl (C=O) groups is 1. The molecule has 38 heavy (non-hydrogen) atoms. The minimum Gasteiger partial charge on any atom is -0.445 e. The van der Waals surface area contributed by atoms with Crippen molar-refractivity contribution in [2.24, 2.45) is 5.92 Å². The lowest BCUT2D eigenvalue weighted by atomic mass is 9.90. The molecule has 1 fully saturated rings. The molecule has 2 N–H and O–H groups in total. The van der Waals surface area contributed by atoms with E-state index in [1.54, 1.807) is 6.07 Å². The van der Waals surface area contributed by atoms with E-state index in [4.69, 9.17) is 14.2 Å². The van der Waals surface area contributed by atoms with E-state index in [-0.39, 0.29) is 31.3 Å². The van der Waals surface area contributed by atoms with E-state index in [2.05, 4.69) is 42.9 Å². The van der Waals surface area contributed by atoms with Crippen LogP contribution < -0.4 is 5.32 Å². The lowest BCUT2D eigenvalue weighted by molar-refractivity contribution is -0.276. The molecule has 0 unspecified atom stereocenters. The van der Waals surface area contributed by atoms with Gasteiger partial charge in [-0.25, -0.2) is 4.79 Å². The summed E-state index contributed by atoms with van der Waals surface area (Å²) in [5.41, 5.74) is 4.51. The van der Waals surface area contributed by atoms with Gasteiger partial charge in [-0.15, -0.1) is 0 Å². The molecule has 0 bridgehead atoms. The zero-order valence-corrected chi connectivity index (χ0v) is 22.0. The van der Waals surface area contributed by atoms with Crippen LogP contribution in [0, 0.1) is 5.92 Å². The molecular weight excluding hydrogens is 480 g/mol. The van der Waals surface area contributed by atoms with Crippen LogP contribution in [0.2, 0.25) is 0 Å². The quantitative estimate of drug-likeness (QED) is 0.330. The number of nitrogens with one attached hydrogen (secondary N) is 1. The molecule has 0 spiro atoms. The van der Waals surface area contributed by atoms with Gasteiger partial charge in [-0.2, -0.15) is 0 Å². The van der Waals surface area contributed by atoms with Gasteiger partial charge in [0.15, 0.2) is 6.29 Å². The van der Waals surface area contributed by atoms with Crippen LogP contribution in [0.4, 0.5) is 10.5 Å². The van der Waals surface area contributed by atoms with Gasteiger partial charge in [-0.3, -0.25) is 10.2 Å². The van der Waals surface area contributed by atoms with Crippen LogP contribution in [0.3, 0.4) is 0 Å². The highest BCUT2D eigenvalue weighted by atomic mass is 16.7. The second-order valence-corrected chi connectivity index (χ2v) is 9.64. The number of ether oxygens (including phenoxy) is 3. The molecule has 1 saturated heterocycles. The molecule has 0 saturated carbocycles. The number of carbonyl (C=O) groups excluding carboxylic acids is 1. The average Bonchev–Trinajstić information content (AvgIpc) is 2.93. The molecule has 200 valence electrons. The van der Waals surface area contributed by atoms with Gasteiger partial charge in [0.05, 0.1) is 18.8 Å². The molecular formula is C31H36N2O5. The van der Waals surface area contributed by atoms with E-state index in [0.29, 0.717) is 12.2 Å². The summed E-state index contributed by atoms with van der Waals surface area (Å²) in [4.78, 5) is 14.3. The van der Waals surface area contributed by atoms with Gasteiger partial charge < -0.3 is 19.3 Å². The van der Waals surface area contributed by atoms with Crippen LogP contribution >= 0.6 is 0 Å². The summed E-state index contributed by atoms with van der Waals surface area (Å²) >= 11 is 0. The highest BCUT2D eigenvalue weighted by Gasteiger charge is 2.38. The Morgan fingerprint density at radius 3 is 2.50 bits per heavy atom. The van der Waals surface area contributed by atoms with E-state index in [0.717, 1.165) is 23.2 Å². The number of benzene rings is 3. The largest absolute Gasteiger partial charge is 0.445 e. The molecule has 3 aromatic carbocycles. The Kier molecular flexibility index (Phi) is 9.67. The summed E-state index contributed by atoms with van der Waals surface area (Å²) in [5, 5.41) is 12.2. The molecule has 7 nitrogen and oxygen atoms in total. The summed E-state index contributed by atoms with van der Waals surface area (Å²) in [5.74, 6) is 0.0691. The van der Waals surface area contributed by atoms with Crippen molar-refractivity contribution in [3.63, 3.8) is 0 Å². The molecule has 7 heteroatoms. The molecule has 1 amide bonds. The third-order valence-electron chi connectivity index (χ3n) is 6.65. The maximum absolute atomic E-state index is 12.0. The van der Waals surface area contributed by atoms with E-state index in [1.807, 2.05) is 60.7 Å². The van der Waals surface area contributed by atoms with Crippen LogP contribution in [-0.4, -0.2) is 42.4 Å². The first-order valence-corrected chi connectivity index (χ1v) is 12.8. The number of likely N-dealkylation sites (N-methyl/N-ethyl adjacent to an activating group) is 1. The fourth-order valence-corrected chi connectivity index (χ4v) is 4.65. The molecule has 1 heterocycles. The lowest BCUT2D eigenvalue weighted by Gasteiger charge is -2.42. The zero-order valence-electron chi connectivity index (χ0n) is 22.0. The van der Waals surface area contributed by atoms with Gasteiger partial charge in [0, 0.05) is 30.3 Å². The molecule has 1 aliphatic rings. The van der Waals surface area contributed by atoms with Crippen LogP contribution in [0.1, 0.15) is 41.6 Å². The van der Waals surface area contributed by atoms with Crippen LogP contribution in [0.5, 0.6) is 0 Å². The minimum absolute atomic E-state index is 0.00494. The number of aliphatic hydroxyl groups excluding tert-OH is 1. The Morgan fingerprint density at radius 2 is 1.79 bits per heavy atom. The Morgan fingerprint density at radius 1 is 1.03 bits per heavy atom. The number of hydrogen-bond donors (Lipinski definition) is 2. The Hall–Kier alpha value is -3.49. The maximum Gasteiger partial charge on any atom is 0.411 e. The molecule has 0 aliphatic carbocycles. The normalized spacial score (nSPS) is 21.2. The van der Waals surface area contributed by atoms with Gasteiger partial charge in [0.1, 0.15) is 6.61 Å². The number of nitrogens with zero attached hydrogens (tertiary/aromatic N) is 1. The maximum atomic E-state index is 12.0. The first kappa shape index (κ1) is 27.5. The van der Waals surface area contributed by atoms with Crippen molar-refractivity contribution in [3.05, 3.63) is 114 Å². The summed E-state index contributed by atoms with van der Waals surface area (Å²) in [6.45, 7) is 7.36. The third-order valence-corrected chi connectivity index (χ3v) is 6.65. The van der Waals surface area contributed by atoms with Crippen molar-refractivity contribution in [1.29, 1.82) is 0 Å². The van der Waals surface area contributed by atoms with E-state index in [1.165, 1.54) is 11.6 Å². The molecule has 0 aromatic heterocycles. The SMILES string of the molecule is C=CCOC(=O)Nc1cccc([C@H]2O[C@@H](CN(C)Cc3ccccc3)[C@@H](C)[C@@H](c3ccc(CO)cc3)O2)c1. The lowest BCUT2D eigenvalue weighted by Crippen LogP contribution is -2.43. The molecule has 0 radical (unpaired) electrons. The van der Waals surface area contributed by atoms with Gasteiger partial charge in [-0.1, -0.05) is 86.3 Å². The van der Waals surface area contributed by atoms with Crippen LogP contribution in [0.15, 0.2) is 91.5 Å². The van der Waals surface area contributed by atoms with Gasteiger partial charge >= 0.3 is 6.09 Å². The predicted octanol–water partition coefficient (Wildman–Crippen LogP) is 5.84. The first-order valence-electron chi connectivity index (χ1n) is 12.8. The molecule has 4 rings (SSSR count). The summed E-state index contributed by atoms with van der Waals surface area (Å²) in [6, 6.07) is 25.6. The number of aliphatic hydroxyl groups is 1. The van der Waals surface area contributed by atoms with E-state index < -0.39 is 12.4 Å². The monoisotopic (exact) mass is 516 g/mol. The highest BCUT2D eigenvalue weighted by molar-refractivity contribution is 5.84. The van der Waals surface area contributed by atoms with Crippen molar-refractivity contribution >= 4 is 11.8 Å². The van der Waals surface area contributed by atoms with Gasteiger partial charge in [-0.05, 0) is 35.9 Å². The first-order chi connectivity index (χ1) is 18.5. The summed E-state index contributed by atoms with van der Waals surface area (Å²) < 4.78 is 18.1. The molecule has 4 atom stereocenters. The van der Waals surface area contributed by atoms with Crippen LogP contribution in [0.25, 0.3) is 0 Å². The Labute approximate surface area is 224 Å². The van der Waals surface area contributed by atoms with Gasteiger partial charge in [0.2, 0.25) is 0 Å². The minimum atomic E-state index is -0.630. The Bertz CT molecular complexity index is 1180. The smallest absolute Gasteiger partial charge is 0.411 e. The second-order valence-electron chi connectivity index (χ2n) is 9.64. The standard InChI is InChI=1S/C31H36N2O5/c1-4-17-36-31(35)32-27-12-8-11-26(18-27)30-37-28(20-33(3)19-23-9-6-5-7-10-23)22(2)29(38-30)25-15-13-24(21-34)14-16-25/h4-16,18,22,28-30,34H,1,17,19-21H2,2-3H3,(H,32,35)/t22-,28+,29+,30+/m1/s1. The van der Waals surface area contributed by atoms with E-state index >= 15 is 0 Å². The van der Waals surface area contributed by atoms with E-state index in [9.17, 15) is 9.90 Å². The summed E-state index contributed by atoms with van der Waals surface area (Å²) in [6.07, 6.45) is 0.00595. The number of hydrogen-bond acceptors (Lipinski definition) is 6. The van der Waals surface area contributed by atoms with Crippen molar-refractivity contribution in [1.82, 2.24) is 4.90 Å². The molecule has 3 aromatic rings. The highest BCUT2D eigenvalue weighted by Crippen LogP contribution is 2.42. The van der Waals surface area contributed by atoms with Crippen LogP contribution in [-0.2, 0) is 27.4 Å². The topological polar surface area (TPSA) is 80.3 Å². The number of amides is 1. The molecule has 1 aliphatic heterocycles. The number of anilines is 1. The predicted molar refractivity (Wildman–Crippen MR) is 147 cm³/mol. The summed E-state index contributed by atoms with van der Waals surface area (Å²) in [7, 11) is 2.10. The Balaban J connectivity index is 1.56. The van der Waals surface area contributed by atoms with Crippen molar-refractivity contribution in [3.8, 4) is 0 Å². The van der Waals surface area contributed by atoms with Crippen molar-refractivity contribution < 1.29 is 24.1 Å². The van der Waals surface area contributed by atoms with Crippen molar-refractivity contribution in [2.75, 3.05) is 25.5 Å².